The van der Waals surface area contributed by atoms with Crippen LogP contribution >= 0.6 is 27.7 Å². The summed E-state index contributed by atoms with van der Waals surface area (Å²) in [6.07, 6.45) is 2.63. The smallest absolute Gasteiger partial charge is 0.314 e. The Hall–Kier alpha value is -3.43. The van der Waals surface area contributed by atoms with Gasteiger partial charge in [-0.05, 0) is 83.6 Å². The number of methoxy groups -OCH3 is 2. The molecule has 182 valence electrons. The molecule has 7 nitrogen and oxygen atoms in total. The molecule has 0 radical (unpaired) electrons. The van der Waals surface area contributed by atoms with Gasteiger partial charge in [0.1, 0.15) is 17.2 Å². The molecule has 0 saturated carbocycles. The van der Waals surface area contributed by atoms with E-state index in [2.05, 4.69) is 27.3 Å². The van der Waals surface area contributed by atoms with Crippen molar-refractivity contribution in [3.05, 3.63) is 92.8 Å². The van der Waals surface area contributed by atoms with Gasteiger partial charge in [0.15, 0.2) is 0 Å². The van der Waals surface area contributed by atoms with Crippen LogP contribution in [-0.4, -0.2) is 36.0 Å². The van der Waals surface area contributed by atoms with Crippen LogP contribution in [0.4, 0.5) is 4.79 Å². The van der Waals surface area contributed by atoms with Crippen molar-refractivity contribution in [3.8, 4) is 17.2 Å². The predicted octanol–water partition coefficient (Wildman–Crippen LogP) is 6.16. The zero-order valence-electron chi connectivity index (χ0n) is 19.5. The van der Waals surface area contributed by atoms with E-state index in [4.69, 9.17) is 19.3 Å². The van der Waals surface area contributed by atoms with Gasteiger partial charge in [-0.2, -0.15) is 5.10 Å². The summed E-state index contributed by atoms with van der Waals surface area (Å²) < 4.78 is 18.2. The minimum atomic E-state index is -1.25. The highest BCUT2D eigenvalue weighted by molar-refractivity contribution is 9.10. The average Bonchev–Trinajstić information content (AvgIpc) is 3.48. The van der Waals surface area contributed by atoms with Crippen molar-refractivity contribution in [2.24, 2.45) is 5.10 Å². The maximum atomic E-state index is 12.8. The van der Waals surface area contributed by atoms with Gasteiger partial charge in [-0.1, -0.05) is 28.1 Å². The fourth-order valence-corrected chi connectivity index (χ4v) is 5.99. The van der Waals surface area contributed by atoms with Crippen LogP contribution in [0.2, 0.25) is 0 Å². The Bertz CT molecular complexity index is 1410. The maximum absolute atomic E-state index is 12.8. The topological polar surface area (TPSA) is 72.4 Å². The van der Waals surface area contributed by atoms with Gasteiger partial charge in [-0.3, -0.25) is 10.1 Å². The summed E-state index contributed by atoms with van der Waals surface area (Å²) in [4.78, 5) is 13.5. The van der Waals surface area contributed by atoms with Crippen molar-refractivity contribution in [1.82, 2.24) is 10.3 Å². The zero-order valence-corrected chi connectivity index (χ0v) is 21.9. The minimum Gasteiger partial charge on any atom is -0.497 e. The second kappa shape index (κ2) is 8.90. The summed E-state index contributed by atoms with van der Waals surface area (Å²) in [7, 11) is 3.28. The first-order valence-corrected chi connectivity index (χ1v) is 13.0. The number of hydrogen-bond acceptors (Lipinski definition) is 7. The number of thioether (sulfide) groups is 1. The Kier molecular flexibility index (Phi) is 5.69. The van der Waals surface area contributed by atoms with Gasteiger partial charge < -0.3 is 14.2 Å². The number of halogens is 1. The normalized spacial score (nSPS) is 23.1. The van der Waals surface area contributed by atoms with Crippen LogP contribution in [-0.2, 0) is 0 Å². The molecule has 0 aromatic heterocycles. The van der Waals surface area contributed by atoms with E-state index in [1.54, 1.807) is 14.2 Å². The van der Waals surface area contributed by atoms with E-state index in [0.717, 1.165) is 55.0 Å². The Morgan fingerprint density at radius 2 is 1.78 bits per heavy atom. The number of amides is 1. The number of carbonyl (C=O) groups is 1. The first-order chi connectivity index (χ1) is 17.5. The third-order valence-electron chi connectivity index (χ3n) is 6.47. The number of benzene rings is 3. The molecule has 0 unspecified atom stereocenters. The molecule has 0 bridgehead atoms. The van der Waals surface area contributed by atoms with E-state index >= 15 is 0 Å². The minimum absolute atomic E-state index is 0.124. The van der Waals surface area contributed by atoms with Crippen LogP contribution in [0, 0.1) is 0 Å². The SMILES string of the molecule is COc1ccc(/C=C2\SC(=O)N[C@@]23Oc2ccc(Br)cc2[C@@H]2CC(c4ccc(OC)cc4)=NN23)cc1. The van der Waals surface area contributed by atoms with Crippen LogP contribution < -0.4 is 19.5 Å². The standard InChI is InChI=1S/C27H22BrN3O4S/c1-33-19-8-3-16(4-9-19)13-25-27(29-26(32)36-25)31-23(21-14-18(28)7-12-24(21)35-27)15-22(30-31)17-5-10-20(34-2)11-6-17/h3-14,23H,15H2,1-2H3,(H,29,32)/b25-13-/t23-,27-/m0/s1. The average molecular weight is 564 g/mol. The monoisotopic (exact) mass is 563 g/mol. The molecule has 3 aromatic carbocycles. The van der Waals surface area contributed by atoms with Crippen molar-refractivity contribution in [2.75, 3.05) is 14.2 Å². The highest BCUT2D eigenvalue weighted by Crippen LogP contribution is 2.53. The van der Waals surface area contributed by atoms with Crippen molar-refractivity contribution in [3.63, 3.8) is 0 Å². The largest absolute Gasteiger partial charge is 0.497 e. The van der Waals surface area contributed by atoms with Crippen LogP contribution in [0.25, 0.3) is 6.08 Å². The fourth-order valence-electron chi connectivity index (χ4n) is 4.70. The molecule has 1 N–H and O–H groups in total. The van der Waals surface area contributed by atoms with E-state index in [9.17, 15) is 4.79 Å². The Morgan fingerprint density at radius 1 is 1.08 bits per heavy atom. The number of ether oxygens (including phenoxy) is 3. The van der Waals surface area contributed by atoms with E-state index in [1.807, 2.05) is 71.7 Å². The lowest BCUT2D eigenvalue weighted by Crippen LogP contribution is -2.61. The summed E-state index contributed by atoms with van der Waals surface area (Å²) in [6.45, 7) is 0. The first kappa shape index (κ1) is 23.0. The third kappa shape index (κ3) is 3.83. The van der Waals surface area contributed by atoms with E-state index in [1.165, 1.54) is 0 Å². The molecule has 9 heteroatoms. The van der Waals surface area contributed by atoms with E-state index in [-0.39, 0.29) is 11.3 Å². The molecule has 0 aliphatic carbocycles. The molecule has 1 fully saturated rings. The van der Waals surface area contributed by atoms with Gasteiger partial charge in [0, 0.05) is 16.5 Å². The Morgan fingerprint density at radius 3 is 2.47 bits per heavy atom. The van der Waals surface area contributed by atoms with Crippen molar-refractivity contribution >= 4 is 44.7 Å². The van der Waals surface area contributed by atoms with Gasteiger partial charge >= 0.3 is 5.85 Å². The molecule has 2 atom stereocenters. The highest BCUT2D eigenvalue weighted by atomic mass is 79.9. The maximum Gasteiger partial charge on any atom is 0.314 e. The Balaban J connectivity index is 1.47. The van der Waals surface area contributed by atoms with Crippen molar-refractivity contribution in [1.29, 1.82) is 0 Å². The first-order valence-electron chi connectivity index (χ1n) is 11.3. The van der Waals surface area contributed by atoms with Crippen molar-refractivity contribution in [2.45, 2.75) is 18.3 Å². The lowest BCUT2D eigenvalue weighted by atomic mass is 9.95. The third-order valence-corrected chi connectivity index (χ3v) is 7.86. The Labute approximate surface area is 221 Å². The molecule has 3 aromatic rings. The number of rotatable bonds is 4. The molecule has 3 aliphatic heterocycles. The zero-order chi connectivity index (χ0) is 24.9. The number of hydrazone groups is 1. The predicted molar refractivity (Wildman–Crippen MR) is 143 cm³/mol. The lowest BCUT2D eigenvalue weighted by molar-refractivity contribution is -0.0949. The van der Waals surface area contributed by atoms with Gasteiger partial charge in [-0.15, -0.1) is 0 Å². The second-order valence-electron chi connectivity index (χ2n) is 8.56. The molecular formula is C27H22BrN3O4S. The summed E-state index contributed by atoms with van der Waals surface area (Å²) in [5.41, 5.74) is 3.84. The molecule has 1 saturated heterocycles. The second-order valence-corrected chi connectivity index (χ2v) is 10.5. The van der Waals surface area contributed by atoms with Crippen molar-refractivity contribution < 1.29 is 19.0 Å². The molecule has 1 amide bonds. The van der Waals surface area contributed by atoms with Gasteiger partial charge in [-0.25, -0.2) is 5.01 Å². The van der Waals surface area contributed by atoms with Crippen LogP contribution in [0.3, 0.4) is 0 Å². The summed E-state index contributed by atoms with van der Waals surface area (Å²) in [6, 6.07) is 21.3. The van der Waals surface area contributed by atoms with Crippen LogP contribution in [0.15, 0.2) is 81.2 Å². The summed E-state index contributed by atoms with van der Waals surface area (Å²) in [5, 5.41) is 9.81. The van der Waals surface area contributed by atoms with Crippen LogP contribution in [0.1, 0.15) is 29.2 Å². The van der Waals surface area contributed by atoms with E-state index in [0.29, 0.717) is 12.2 Å². The molecule has 3 heterocycles. The fraction of sp³-hybridized carbons (Fsp3) is 0.185. The molecule has 6 rings (SSSR count). The number of carbonyl (C=O) groups excluding carboxylic acids is 1. The van der Waals surface area contributed by atoms with Gasteiger partial charge in [0.2, 0.25) is 0 Å². The molecule has 1 spiro atoms. The van der Waals surface area contributed by atoms with Gasteiger partial charge in [0.05, 0.1) is 30.9 Å². The number of nitrogens with zero attached hydrogens (tertiary/aromatic N) is 2. The highest BCUT2D eigenvalue weighted by Gasteiger charge is 2.58. The van der Waals surface area contributed by atoms with E-state index < -0.39 is 5.85 Å². The van der Waals surface area contributed by atoms with Crippen LogP contribution in [0.5, 0.6) is 17.2 Å². The quantitative estimate of drug-likeness (QED) is 0.409. The van der Waals surface area contributed by atoms with Gasteiger partial charge in [0.25, 0.3) is 5.24 Å². The number of fused-ring (bicyclic) bond motifs is 4. The lowest BCUT2D eigenvalue weighted by Gasteiger charge is -2.45. The number of hydrogen-bond donors (Lipinski definition) is 1. The summed E-state index contributed by atoms with van der Waals surface area (Å²) >= 11 is 4.72. The number of nitrogens with one attached hydrogen (secondary N) is 1. The molecule has 3 aliphatic rings. The molecular weight excluding hydrogens is 542 g/mol. The summed E-state index contributed by atoms with van der Waals surface area (Å²) in [5.74, 6) is 1.02. The molecule has 36 heavy (non-hydrogen) atoms.